The minimum Gasteiger partial charge on any atom is -0.481 e. The Bertz CT molecular complexity index is 1010. The zero-order valence-electron chi connectivity index (χ0n) is 19.1. The number of amides is 2. The average molecular weight is 497 g/mol. The van der Waals surface area contributed by atoms with Gasteiger partial charge in [-0.2, -0.15) is 5.10 Å². The average Bonchev–Trinajstić information content (AvgIpc) is 2.97. The van der Waals surface area contributed by atoms with Gasteiger partial charge in [0.15, 0.2) is 10.7 Å². The van der Waals surface area contributed by atoms with Gasteiger partial charge in [-0.05, 0) is 40.5 Å². The van der Waals surface area contributed by atoms with Gasteiger partial charge in [-0.3, -0.25) is 14.7 Å². The summed E-state index contributed by atoms with van der Waals surface area (Å²) in [5.41, 5.74) is -4.09. The van der Waals surface area contributed by atoms with Crippen molar-refractivity contribution >= 4 is 35.7 Å². The van der Waals surface area contributed by atoms with Crippen LogP contribution < -0.4 is 16.0 Å². The number of thioether (sulfide) groups is 1. The summed E-state index contributed by atoms with van der Waals surface area (Å²) in [4.78, 5) is 54.6. The van der Waals surface area contributed by atoms with Crippen molar-refractivity contribution in [1.29, 1.82) is 0 Å². The van der Waals surface area contributed by atoms with Crippen LogP contribution in [-0.2, 0) is 19.1 Å². The molecular weight excluding hydrogens is 468 g/mol. The van der Waals surface area contributed by atoms with E-state index in [1.165, 1.54) is 18.1 Å². The second kappa shape index (κ2) is 8.12. The molecule has 1 saturated heterocycles. The van der Waals surface area contributed by atoms with E-state index >= 15 is 0 Å². The highest BCUT2D eigenvalue weighted by Crippen LogP contribution is 2.69. The van der Waals surface area contributed by atoms with E-state index in [2.05, 4.69) is 31.1 Å². The van der Waals surface area contributed by atoms with Gasteiger partial charge in [-0.25, -0.2) is 14.6 Å². The van der Waals surface area contributed by atoms with Crippen LogP contribution in [0.1, 0.15) is 40.5 Å². The lowest BCUT2D eigenvalue weighted by atomic mass is 9.82. The molecule has 7 unspecified atom stereocenters. The lowest BCUT2D eigenvalue weighted by Crippen LogP contribution is -2.73. The maximum Gasteiger partial charge on any atom is 0.408 e. The Kier molecular flexibility index (Phi) is 5.79. The molecular formula is C20H28N6O7S. The fraction of sp³-hybridized carbons (Fsp3) is 0.700. The number of carboxylic acid groups (broad SMARTS) is 2. The third-order valence-electron chi connectivity index (χ3n) is 6.59. The molecule has 0 bridgehead atoms. The number of carbonyl (C=O) groups excluding carboxylic acids is 2. The van der Waals surface area contributed by atoms with Crippen molar-refractivity contribution in [3.05, 3.63) is 6.33 Å². The fourth-order valence-electron chi connectivity index (χ4n) is 5.51. The van der Waals surface area contributed by atoms with Gasteiger partial charge in [0.1, 0.15) is 18.0 Å². The van der Waals surface area contributed by atoms with E-state index in [4.69, 9.17) is 4.74 Å². The largest absolute Gasteiger partial charge is 0.481 e. The van der Waals surface area contributed by atoms with E-state index in [0.717, 1.165) is 0 Å². The van der Waals surface area contributed by atoms with Crippen LogP contribution in [-0.4, -0.2) is 83.3 Å². The highest BCUT2D eigenvalue weighted by atomic mass is 32.2. The highest BCUT2D eigenvalue weighted by molar-refractivity contribution is 7.99. The first-order valence-corrected chi connectivity index (χ1v) is 11.8. The van der Waals surface area contributed by atoms with Crippen LogP contribution in [0.15, 0.2) is 11.5 Å². The number of carboxylic acids is 2. The SMILES string of the molecule is CC1CC(NC(=O)OC(C)(C)C)C(=O)NC2(C(=O)O)CC(Sc3ncn[nH]3)C3C(C(=O)O)C32N1. The van der Waals surface area contributed by atoms with Gasteiger partial charge in [-0.1, -0.05) is 11.8 Å². The van der Waals surface area contributed by atoms with Gasteiger partial charge in [0.25, 0.3) is 0 Å². The van der Waals surface area contributed by atoms with Crippen LogP contribution in [0.2, 0.25) is 0 Å². The molecule has 186 valence electrons. The molecule has 2 amide bonds. The van der Waals surface area contributed by atoms with Gasteiger partial charge < -0.3 is 30.9 Å². The first-order valence-electron chi connectivity index (χ1n) is 10.9. The standard InChI is InChI=1S/C20H28N6O7S/c1-8-5-9(23-17(32)33-18(2,3)4)13(27)25-19(15(30)31)6-10(34-16-21-7-22-26-16)11-12(14(28)29)20(11,19)24-8/h7-12,24H,5-6H2,1-4H3,(H,23,32)(H,25,27)(H,28,29)(H,30,31)(H,21,22,26). The van der Waals surface area contributed by atoms with Crippen molar-refractivity contribution in [1.82, 2.24) is 31.1 Å². The lowest BCUT2D eigenvalue weighted by molar-refractivity contribution is -0.152. The number of hydrogen-bond donors (Lipinski definition) is 6. The molecule has 0 aromatic carbocycles. The van der Waals surface area contributed by atoms with E-state index in [1.807, 2.05) is 0 Å². The Morgan fingerprint density at radius 2 is 2.00 bits per heavy atom. The summed E-state index contributed by atoms with van der Waals surface area (Å²) in [6, 6.07) is -1.56. The molecule has 13 nitrogen and oxygen atoms in total. The van der Waals surface area contributed by atoms with Crippen LogP contribution in [0.25, 0.3) is 0 Å². The van der Waals surface area contributed by atoms with Gasteiger partial charge in [0.05, 0.1) is 11.5 Å². The topological polar surface area (TPSA) is 196 Å². The van der Waals surface area contributed by atoms with Crippen LogP contribution in [0, 0.1) is 11.8 Å². The number of aromatic amines is 1. The summed E-state index contributed by atoms with van der Waals surface area (Å²) < 4.78 is 5.24. The first-order chi connectivity index (χ1) is 15.8. The van der Waals surface area contributed by atoms with Gasteiger partial charge in [0.2, 0.25) is 5.91 Å². The Labute approximate surface area is 199 Å². The molecule has 6 N–H and O–H groups in total. The van der Waals surface area contributed by atoms with E-state index in [9.17, 15) is 29.4 Å². The third kappa shape index (κ3) is 3.87. The van der Waals surface area contributed by atoms with Crippen molar-refractivity contribution in [2.24, 2.45) is 11.8 Å². The molecule has 7 atom stereocenters. The lowest BCUT2D eigenvalue weighted by Gasteiger charge is -2.42. The Balaban J connectivity index is 1.67. The van der Waals surface area contributed by atoms with Crippen LogP contribution in [0.4, 0.5) is 4.79 Å². The van der Waals surface area contributed by atoms with E-state index < -0.39 is 69.8 Å². The summed E-state index contributed by atoms with van der Waals surface area (Å²) in [7, 11) is 0. The number of aromatic nitrogens is 3. The van der Waals surface area contributed by atoms with Crippen molar-refractivity contribution in [3.63, 3.8) is 0 Å². The second-order valence-electron chi connectivity index (χ2n) is 10.0. The molecule has 14 heteroatoms. The predicted octanol–water partition coefficient (Wildman–Crippen LogP) is -0.0468. The number of aliphatic carboxylic acids is 2. The highest BCUT2D eigenvalue weighted by Gasteiger charge is 2.86. The molecule has 0 radical (unpaired) electrons. The Morgan fingerprint density at radius 3 is 2.56 bits per heavy atom. The zero-order chi connectivity index (χ0) is 25.1. The van der Waals surface area contributed by atoms with Gasteiger partial charge >= 0.3 is 18.0 Å². The fourth-order valence-corrected chi connectivity index (χ4v) is 6.86. The molecule has 3 aliphatic rings. The number of hydrogen-bond acceptors (Lipinski definition) is 9. The molecule has 2 heterocycles. The summed E-state index contributed by atoms with van der Waals surface area (Å²) in [6.45, 7) is 6.78. The smallest absolute Gasteiger partial charge is 0.408 e. The zero-order valence-corrected chi connectivity index (χ0v) is 19.9. The Hall–Kier alpha value is -2.87. The first kappa shape index (κ1) is 24.3. The summed E-state index contributed by atoms with van der Waals surface area (Å²) >= 11 is 1.20. The monoisotopic (exact) mass is 496 g/mol. The number of alkyl carbamates (subject to hydrolysis) is 1. The molecule has 1 aromatic heterocycles. The van der Waals surface area contributed by atoms with E-state index in [1.54, 1.807) is 27.7 Å². The molecule has 4 rings (SSSR count). The number of ether oxygens (including phenoxy) is 1. The number of rotatable bonds is 5. The third-order valence-corrected chi connectivity index (χ3v) is 7.77. The van der Waals surface area contributed by atoms with E-state index in [-0.39, 0.29) is 12.8 Å². The summed E-state index contributed by atoms with van der Waals surface area (Å²) in [5, 5.41) is 35.1. The molecule has 1 aromatic rings. The van der Waals surface area contributed by atoms with Gasteiger partial charge in [0, 0.05) is 17.2 Å². The summed E-state index contributed by atoms with van der Waals surface area (Å²) in [6.07, 6.45) is 0.575. The number of nitrogens with zero attached hydrogens (tertiary/aromatic N) is 2. The quantitative estimate of drug-likeness (QED) is 0.320. The normalized spacial score (nSPS) is 36.8. The molecule has 3 fully saturated rings. The van der Waals surface area contributed by atoms with Crippen LogP contribution in [0.5, 0.6) is 0 Å². The number of H-pyrrole nitrogens is 1. The van der Waals surface area contributed by atoms with Crippen LogP contribution in [0.3, 0.4) is 0 Å². The van der Waals surface area contributed by atoms with Gasteiger partial charge in [-0.15, -0.1) is 0 Å². The molecule has 1 spiro atoms. The van der Waals surface area contributed by atoms with Crippen LogP contribution >= 0.6 is 11.8 Å². The summed E-state index contributed by atoms with van der Waals surface area (Å²) in [5.74, 6) is -4.80. The minimum atomic E-state index is -1.90. The maximum absolute atomic E-state index is 13.3. The van der Waals surface area contributed by atoms with Crippen molar-refractivity contribution < 1.29 is 34.1 Å². The molecule has 1 aliphatic heterocycles. The molecule has 34 heavy (non-hydrogen) atoms. The van der Waals surface area contributed by atoms with E-state index in [0.29, 0.717) is 5.16 Å². The number of carbonyl (C=O) groups is 4. The number of nitrogens with one attached hydrogen (secondary N) is 4. The predicted molar refractivity (Wildman–Crippen MR) is 117 cm³/mol. The second-order valence-corrected chi connectivity index (χ2v) is 11.3. The maximum atomic E-state index is 13.3. The van der Waals surface area contributed by atoms with Crippen molar-refractivity contribution in [2.75, 3.05) is 0 Å². The molecule has 2 saturated carbocycles. The van der Waals surface area contributed by atoms with Crippen molar-refractivity contribution in [2.45, 2.75) is 79.7 Å². The van der Waals surface area contributed by atoms with Crippen molar-refractivity contribution in [3.8, 4) is 0 Å². The minimum absolute atomic E-state index is 0.0350. The Morgan fingerprint density at radius 1 is 1.29 bits per heavy atom. The molecule has 2 aliphatic carbocycles.